The van der Waals surface area contributed by atoms with E-state index in [4.69, 9.17) is 33.2 Å². The van der Waals surface area contributed by atoms with Crippen LogP contribution in [0.25, 0.3) is 0 Å². The molecule has 0 rings (SSSR count). The predicted molar refractivity (Wildman–Crippen MR) is 161 cm³/mol. The van der Waals surface area contributed by atoms with Crippen LogP contribution in [0.2, 0.25) is 0 Å². The number of ether oxygens (including phenoxy) is 7. The first-order valence-electron chi connectivity index (χ1n) is 16.5. The van der Waals surface area contributed by atoms with Crippen molar-refractivity contribution in [3.8, 4) is 0 Å². The third-order valence-electron chi connectivity index (χ3n) is 6.52. The minimum atomic E-state index is 0.567. The summed E-state index contributed by atoms with van der Waals surface area (Å²) in [5, 5.41) is 0. The summed E-state index contributed by atoms with van der Waals surface area (Å²) < 4.78 is 38.8. The molecule has 0 saturated carbocycles. The minimum Gasteiger partial charge on any atom is -0.379 e. The van der Waals surface area contributed by atoms with Crippen LogP contribution in [-0.4, -0.2) is 92.5 Å². The van der Waals surface area contributed by atoms with Crippen LogP contribution in [0.4, 0.5) is 0 Å². The number of hydrogen-bond donors (Lipinski definition) is 0. The number of rotatable bonds is 36. The third kappa shape index (κ3) is 37.7. The van der Waals surface area contributed by atoms with Gasteiger partial charge in [0.15, 0.2) is 0 Å². The van der Waals surface area contributed by atoms with E-state index in [1.807, 2.05) is 0 Å². The number of hydrogen-bond acceptors (Lipinski definition) is 7. The van der Waals surface area contributed by atoms with Gasteiger partial charge < -0.3 is 33.2 Å². The zero-order valence-corrected chi connectivity index (χ0v) is 26.1. The van der Waals surface area contributed by atoms with Crippen molar-refractivity contribution < 1.29 is 33.2 Å². The zero-order valence-electron chi connectivity index (χ0n) is 26.1. The van der Waals surface area contributed by atoms with E-state index in [0.29, 0.717) is 79.3 Å². The zero-order chi connectivity index (χ0) is 28.2. The minimum absolute atomic E-state index is 0.567. The molecule has 7 nitrogen and oxygen atoms in total. The van der Waals surface area contributed by atoms with Gasteiger partial charge in [-0.15, -0.1) is 0 Å². The number of unbranched alkanes of at least 4 members (excludes halogenated alkanes) is 14. The highest BCUT2D eigenvalue weighted by Gasteiger charge is 1.96. The molecule has 0 unspecified atom stereocenters. The van der Waals surface area contributed by atoms with Crippen molar-refractivity contribution in [2.75, 3.05) is 92.5 Å². The Morgan fingerprint density at radius 3 is 0.615 bits per heavy atom. The van der Waals surface area contributed by atoms with Gasteiger partial charge >= 0.3 is 0 Å². The molecule has 39 heavy (non-hydrogen) atoms. The molecule has 0 aliphatic carbocycles. The van der Waals surface area contributed by atoms with Crippen molar-refractivity contribution in [3.05, 3.63) is 0 Å². The molecule has 0 fully saturated rings. The van der Waals surface area contributed by atoms with Crippen LogP contribution in [0.3, 0.4) is 0 Å². The summed E-state index contributed by atoms with van der Waals surface area (Å²) in [6.45, 7) is 13.4. The average Bonchev–Trinajstić information content (AvgIpc) is 2.95. The highest BCUT2D eigenvalue weighted by molar-refractivity contribution is 4.48. The van der Waals surface area contributed by atoms with Crippen molar-refractivity contribution in [2.24, 2.45) is 0 Å². The van der Waals surface area contributed by atoms with Gasteiger partial charge in [0.2, 0.25) is 0 Å². The second kappa shape index (κ2) is 37.7. The normalized spacial score (nSPS) is 11.5. The molecule has 0 aliphatic heterocycles. The van der Waals surface area contributed by atoms with Gasteiger partial charge in [0.1, 0.15) is 0 Å². The van der Waals surface area contributed by atoms with Gasteiger partial charge in [-0.1, -0.05) is 104 Å². The summed E-state index contributed by atoms with van der Waals surface area (Å²) in [5.74, 6) is 0. The molecular formula is C32H66O7. The van der Waals surface area contributed by atoms with Crippen molar-refractivity contribution in [1.82, 2.24) is 0 Å². The molecular weight excluding hydrogens is 496 g/mol. The second-order valence-electron chi connectivity index (χ2n) is 10.2. The summed E-state index contributed by atoms with van der Waals surface area (Å²) >= 11 is 0. The molecule has 0 radical (unpaired) electrons. The molecule has 0 aliphatic rings. The summed E-state index contributed by atoms with van der Waals surface area (Å²) in [7, 11) is 0. The summed E-state index contributed by atoms with van der Waals surface area (Å²) in [5.41, 5.74) is 0. The van der Waals surface area contributed by atoms with E-state index in [-0.39, 0.29) is 0 Å². The lowest BCUT2D eigenvalue weighted by Crippen LogP contribution is -2.14. The monoisotopic (exact) mass is 562 g/mol. The van der Waals surface area contributed by atoms with Crippen LogP contribution in [-0.2, 0) is 33.2 Å². The lowest BCUT2D eigenvalue weighted by atomic mass is 10.1. The quantitative estimate of drug-likeness (QED) is 0.0738. The largest absolute Gasteiger partial charge is 0.379 e. The first kappa shape index (κ1) is 38.7. The molecule has 0 atom stereocenters. The Morgan fingerprint density at radius 1 is 0.205 bits per heavy atom. The standard InChI is InChI=1S/C32H66O7/c1-3-5-7-9-10-11-12-13-14-16-18-20-34-22-24-36-26-28-38-30-32-39-31-29-37-27-25-35-23-21-33-19-17-15-8-6-4-2/h3-32H2,1-2H3. The van der Waals surface area contributed by atoms with E-state index in [1.165, 1.54) is 89.9 Å². The Morgan fingerprint density at radius 2 is 0.385 bits per heavy atom. The van der Waals surface area contributed by atoms with Gasteiger partial charge in [0, 0.05) is 13.2 Å². The third-order valence-corrected chi connectivity index (χ3v) is 6.52. The van der Waals surface area contributed by atoms with Gasteiger partial charge in [-0.05, 0) is 12.8 Å². The molecule has 0 amide bonds. The fourth-order valence-corrected chi connectivity index (χ4v) is 4.10. The van der Waals surface area contributed by atoms with E-state index in [1.54, 1.807) is 0 Å². The SMILES string of the molecule is CCCCCCCCCCCCCOCCOCCOCCOCCOCCOCCOCCCCCCC. The Hall–Kier alpha value is -0.280. The van der Waals surface area contributed by atoms with E-state index < -0.39 is 0 Å². The summed E-state index contributed by atoms with van der Waals surface area (Å²) in [6, 6.07) is 0. The van der Waals surface area contributed by atoms with Crippen molar-refractivity contribution in [2.45, 2.75) is 117 Å². The van der Waals surface area contributed by atoms with Crippen LogP contribution in [0.5, 0.6) is 0 Å². The Bertz CT molecular complexity index is 376. The second-order valence-corrected chi connectivity index (χ2v) is 10.2. The molecule has 0 aromatic rings. The predicted octanol–water partition coefficient (Wildman–Crippen LogP) is 7.38. The fraction of sp³-hybridized carbons (Fsp3) is 1.00. The van der Waals surface area contributed by atoms with Gasteiger partial charge in [0.05, 0.1) is 79.3 Å². The van der Waals surface area contributed by atoms with Crippen LogP contribution in [0.1, 0.15) is 117 Å². The van der Waals surface area contributed by atoms with Crippen LogP contribution in [0, 0.1) is 0 Å². The highest BCUT2D eigenvalue weighted by atomic mass is 16.6. The molecule has 7 heteroatoms. The van der Waals surface area contributed by atoms with E-state index in [0.717, 1.165) is 26.1 Å². The average molecular weight is 563 g/mol. The van der Waals surface area contributed by atoms with Gasteiger partial charge in [-0.3, -0.25) is 0 Å². The smallest absolute Gasteiger partial charge is 0.0701 e. The maximum absolute atomic E-state index is 5.65. The van der Waals surface area contributed by atoms with Gasteiger partial charge in [-0.2, -0.15) is 0 Å². The first-order chi connectivity index (χ1) is 19.4. The molecule has 0 heterocycles. The first-order valence-corrected chi connectivity index (χ1v) is 16.5. The molecule has 0 spiro atoms. The van der Waals surface area contributed by atoms with Gasteiger partial charge in [0.25, 0.3) is 0 Å². The topological polar surface area (TPSA) is 64.6 Å². The summed E-state index contributed by atoms with van der Waals surface area (Å²) in [6.07, 6.45) is 21.3. The summed E-state index contributed by atoms with van der Waals surface area (Å²) in [4.78, 5) is 0. The molecule has 0 N–H and O–H groups in total. The molecule has 0 bridgehead atoms. The highest BCUT2D eigenvalue weighted by Crippen LogP contribution is 2.11. The van der Waals surface area contributed by atoms with Crippen LogP contribution in [0.15, 0.2) is 0 Å². The van der Waals surface area contributed by atoms with Crippen LogP contribution < -0.4 is 0 Å². The fourth-order valence-electron chi connectivity index (χ4n) is 4.10. The van der Waals surface area contributed by atoms with E-state index >= 15 is 0 Å². The van der Waals surface area contributed by atoms with E-state index in [9.17, 15) is 0 Å². The maximum atomic E-state index is 5.65. The Labute approximate surface area is 242 Å². The van der Waals surface area contributed by atoms with Gasteiger partial charge in [-0.25, -0.2) is 0 Å². The van der Waals surface area contributed by atoms with Crippen molar-refractivity contribution in [1.29, 1.82) is 0 Å². The Kier molecular flexibility index (Phi) is 37.4. The molecule has 0 aromatic heterocycles. The Balaban J connectivity index is 3.01. The lowest BCUT2D eigenvalue weighted by molar-refractivity contribution is -0.0206. The maximum Gasteiger partial charge on any atom is 0.0701 e. The van der Waals surface area contributed by atoms with Crippen LogP contribution >= 0.6 is 0 Å². The van der Waals surface area contributed by atoms with Crippen molar-refractivity contribution >= 4 is 0 Å². The molecule has 236 valence electrons. The molecule has 0 aromatic carbocycles. The van der Waals surface area contributed by atoms with Crippen molar-refractivity contribution in [3.63, 3.8) is 0 Å². The van der Waals surface area contributed by atoms with E-state index in [2.05, 4.69) is 13.8 Å². The lowest BCUT2D eigenvalue weighted by Gasteiger charge is -2.08. The molecule has 0 saturated heterocycles.